The van der Waals surface area contributed by atoms with Crippen molar-refractivity contribution in [2.75, 3.05) is 36.1 Å². The second-order valence-corrected chi connectivity index (χ2v) is 5.97. The SMILES string of the molecule is CC1(C)CN(c2c(N)cc(N)c(Cl)c2F)CC(CO)O1. The van der Waals surface area contributed by atoms with Crippen molar-refractivity contribution in [3.05, 3.63) is 16.9 Å². The Morgan fingerprint density at radius 1 is 1.50 bits per heavy atom. The summed E-state index contributed by atoms with van der Waals surface area (Å²) in [6.07, 6.45) is -0.408. The lowest BCUT2D eigenvalue weighted by atomic mass is 10.0. The minimum absolute atomic E-state index is 0.108. The highest BCUT2D eigenvalue weighted by Gasteiger charge is 2.35. The third kappa shape index (κ3) is 2.77. The lowest BCUT2D eigenvalue weighted by Crippen LogP contribution is -2.54. The Morgan fingerprint density at radius 2 is 2.15 bits per heavy atom. The van der Waals surface area contributed by atoms with Crippen LogP contribution < -0.4 is 16.4 Å². The van der Waals surface area contributed by atoms with E-state index in [2.05, 4.69) is 0 Å². The number of nitrogens with zero attached hydrogens (tertiary/aromatic N) is 1. The quantitative estimate of drug-likeness (QED) is 0.723. The van der Waals surface area contributed by atoms with E-state index in [-0.39, 0.29) is 28.7 Å². The molecule has 1 fully saturated rings. The summed E-state index contributed by atoms with van der Waals surface area (Å²) in [5, 5.41) is 9.16. The van der Waals surface area contributed by atoms with Crippen molar-refractivity contribution >= 4 is 28.7 Å². The molecule has 7 heteroatoms. The zero-order chi connectivity index (χ0) is 15.1. The van der Waals surface area contributed by atoms with Gasteiger partial charge in [-0.1, -0.05) is 11.6 Å². The molecule has 20 heavy (non-hydrogen) atoms. The lowest BCUT2D eigenvalue weighted by molar-refractivity contribution is -0.101. The summed E-state index contributed by atoms with van der Waals surface area (Å²) in [6, 6.07) is 1.44. The van der Waals surface area contributed by atoms with Crippen LogP contribution in [0.15, 0.2) is 6.07 Å². The van der Waals surface area contributed by atoms with Gasteiger partial charge in [-0.25, -0.2) is 4.39 Å². The van der Waals surface area contributed by atoms with E-state index < -0.39 is 17.5 Å². The van der Waals surface area contributed by atoms with E-state index in [0.29, 0.717) is 13.1 Å². The minimum Gasteiger partial charge on any atom is -0.397 e. The molecule has 1 atom stereocenters. The molecule has 0 saturated carbocycles. The number of aliphatic hydroxyl groups is 1. The fourth-order valence-electron chi connectivity index (χ4n) is 2.54. The summed E-state index contributed by atoms with van der Waals surface area (Å²) in [7, 11) is 0. The molecule has 1 aromatic rings. The number of nitrogen functional groups attached to an aromatic ring is 2. The van der Waals surface area contributed by atoms with Crippen LogP contribution in [0, 0.1) is 5.82 Å². The highest BCUT2D eigenvalue weighted by molar-refractivity contribution is 6.33. The first-order valence-corrected chi connectivity index (χ1v) is 6.69. The van der Waals surface area contributed by atoms with Crippen LogP contribution in [0.4, 0.5) is 21.5 Å². The van der Waals surface area contributed by atoms with Gasteiger partial charge in [-0.15, -0.1) is 0 Å². The van der Waals surface area contributed by atoms with Gasteiger partial charge in [0.15, 0.2) is 5.82 Å². The van der Waals surface area contributed by atoms with Crippen molar-refractivity contribution in [2.24, 2.45) is 0 Å². The average Bonchev–Trinajstić information content (AvgIpc) is 2.34. The van der Waals surface area contributed by atoms with Crippen LogP contribution in [-0.4, -0.2) is 36.5 Å². The largest absolute Gasteiger partial charge is 0.397 e. The molecular weight excluding hydrogens is 285 g/mol. The van der Waals surface area contributed by atoms with Crippen LogP contribution in [0.25, 0.3) is 0 Å². The van der Waals surface area contributed by atoms with E-state index in [1.54, 1.807) is 4.90 Å². The van der Waals surface area contributed by atoms with Crippen LogP contribution in [0.2, 0.25) is 5.02 Å². The molecule has 0 amide bonds. The molecule has 0 bridgehead atoms. The predicted molar refractivity (Wildman–Crippen MR) is 78.5 cm³/mol. The Labute approximate surface area is 122 Å². The van der Waals surface area contributed by atoms with Gasteiger partial charge >= 0.3 is 0 Å². The molecule has 0 spiro atoms. The van der Waals surface area contributed by atoms with E-state index >= 15 is 0 Å². The first kappa shape index (κ1) is 15.2. The van der Waals surface area contributed by atoms with Crippen LogP contribution >= 0.6 is 11.6 Å². The standard InChI is InChI=1S/C13H19ClFN3O2/c1-13(2)6-18(4-7(5-19)20-13)12-9(17)3-8(16)10(14)11(12)15/h3,7,19H,4-6,16-17H2,1-2H3. The second-order valence-electron chi connectivity index (χ2n) is 5.59. The van der Waals surface area contributed by atoms with Crippen molar-refractivity contribution in [2.45, 2.75) is 25.6 Å². The summed E-state index contributed by atoms with van der Waals surface area (Å²) < 4.78 is 20.0. The lowest BCUT2D eigenvalue weighted by Gasteiger charge is -2.43. The predicted octanol–water partition coefficient (Wildman–Crippen LogP) is 1.62. The van der Waals surface area contributed by atoms with Crippen molar-refractivity contribution in [1.82, 2.24) is 0 Å². The molecule has 1 saturated heterocycles. The molecule has 0 aliphatic carbocycles. The third-order valence-corrected chi connectivity index (χ3v) is 3.62. The van der Waals surface area contributed by atoms with Gasteiger partial charge in [-0.05, 0) is 19.9 Å². The van der Waals surface area contributed by atoms with Gasteiger partial charge in [0.2, 0.25) is 0 Å². The van der Waals surface area contributed by atoms with E-state index in [1.807, 2.05) is 13.8 Å². The van der Waals surface area contributed by atoms with Crippen LogP contribution in [0.3, 0.4) is 0 Å². The van der Waals surface area contributed by atoms with Gasteiger partial charge < -0.3 is 26.2 Å². The zero-order valence-corrected chi connectivity index (χ0v) is 12.2. The minimum atomic E-state index is -0.640. The molecule has 1 unspecified atom stereocenters. The highest BCUT2D eigenvalue weighted by atomic mass is 35.5. The van der Waals surface area contributed by atoms with Gasteiger partial charge in [0.25, 0.3) is 0 Å². The van der Waals surface area contributed by atoms with E-state index in [4.69, 9.17) is 27.8 Å². The molecule has 5 N–H and O–H groups in total. The van der Waals surface area contributed by atoms with Crippen LogP contribution in [0.5, 0.6) is 0 Å². The maximum absolute atomic E-state index is 14.4. The first-order chi connectivity index (χ1) is 9.25. The van der Waals surface area contributed by atoms with Gasteiger partial charge in [0.05, 0.1) is 35.4 Å². The van der Waals surface area contributed by atoms with Crippen LogP contribution in [-0.2, 0) is 4.74 Å². The monoisotopic (exact) mass is 303 g/mol. The number of aliphatic hydroxyl groups excluding tert-OH is 1. The number of rotatable bonds is 2. The summed E-state index contributed by atoms with van der Waals surface area (Å²) in [5.41, 5.74) is 11.5. The number of anilines is 3. The number of hydrogen-bond acceptors (Lipinski definition) is 5. The Bertz CT molecular complexity index is 525. The Morgan fingerprint density at radius 3 is 2.75 bits per heavy atom. The summed E-state index contributed by atoms with van der Waals surface area (Å²) in [6.45, 7) is 4.36. The first-order valence-electron chi connectivity index (χ1n) is 6.31. The van der Waals surface area contributed by atoms with Gasteiger partial charge in [-0.3, -0.25) is 0 Å². The summed E-state index contributed by atoms with van der Waals surface area (Å²) in [4.78, 5) is 1.74. The molecule has 1 heterocycles. The zero-order valence-electron chi connectivity index (χ0n) is 11.5. The number of morpholine rings is 1. The van der Waals surface area contributed by atoms with Crippen LogP contribution in [0.1, 0.15) is 13.8 Å². The van der Waals surface area contributed by atoms with E-state index in [0.717, 1.165) is 0 Å². The highest BCUT2D eigenvalue weighted by Crippen LogP contribution is 2.38. The topological polar surface area (TPSA) is 84.7 Å². The molecule has 5 nitrogen and oxygen atoms in total. The molecule has 1 aromatic carbocycles. The number of nitrogens with two attached hydrogens (primary N) is 2. The summed E-state index contributed by atoms with van der Waals surface area (Å²) in [5.74, 6) is -0.640. The normalized spacial score (nSPS) is 22.1. The van der Waals surface area contributed by atoms with Gasteiger partial charge in [-0.2, -0.15) is 0 Å². The fourth-order valence-corrected chi connectivity index (χ4v) is 2.68. The molecule has 112 valence electrons. The molecule has 1 aliphatic heterocycles. The second kappa shape index (κ2) is 5.27. The van der Waals surface area contributed by atoms with Crippen molar-refractivity contribution < 1.29 is 14.2 Å². The Balaban J connectivity index is 2.43. The fraction of sp³-hybridized carbons (Fsp3) is 0.538. The van der Waals surface area contributed by atoms with E-state index in [9.17, 15) is 9.50 Å². The number of benzene rings is 1. The van der Waals surface area contributed by atoms with Crippen molar-refractivity contribution in [3.8, 4) is 0 Å². The van der Waals surface area contributed by atoms with Gasteiger partial charge in [0, 0.05) is 13.1 Å². The molecule has 0 radical (unpaired) electrons. The number of ether oxygens (including phenoxy) is 1. The third-order valence-electron chi connectivity index (χ3n) is 3.24. The van der Waals surface area contributed by atoms with Crippen molar-refractivity contribution in [3.63, 3.8) is 0 Å². The number of halogens is 2. The number of hydrogen-bond donors (Lipinski definition) is 3. The molecular formula is C13H19ClFN3O2. The van der Waals surface area contributed by atoms with E-state index in [1.165, 1.54) is 6.07 Å². The Kier molecular flexibility index (Phi) is 4.00. The maximum Gasteiger partial charge on any atom is 0.169 e. The molecule has 0 aromatic heterocycles. The van der Waals surface area contributed by atoms with Gasteiger partial charge in [0.1, 0.15) is 5.02 Å². The Hall–Kier alpha value is -1.24. The molecule has 1 aliphatic rings. The smallest absolute Gasteiger partial charge is 0.169 e. The molecule has 2 rings (SSSR count). The van der Waals surface area contributed by atoms with Crippen molar-refractivity contribution in [1.29, 1.82) is 0 Å². The average molecular weight is 304 g/mol. The summed E-state index contributed by atoms with van der Waals surface area (Å²) >= 11 is 5.85. The maximum atomic E-state index is 14.4.